The summed E-state index contributed by atoms with van der Waals surface area (Å²) < 4.78 is 72.5. The van der Waals surface area contributed by atoms with Gasteiger partial charge in [-0.3, -0.25) is 0 Å². The van der Waals surface area contributed by atoms with Gasteiger partial charge in [-0.1, -0.05) is 0 Å². The van der Waals surface area contributed by atoms with E-state index in [1.807, 2.05) is 0 Å². The molecule has 0 aliphatic carbocycles. The van der Waals surface area contributed by atoms with E-state index in [1.165, 1.54) is 4.31 Å². The first kappa shape index (κ1) is 23.8. The van der Waals surface area contributed by atoms with Crippen molar-refractivity contribution in [1.29, 1.82) is 0 Å². The van der Waals surface area contributed by atoms with Crippen molar-refractivity contribution in [1.82, 2.24) is 9.62 Å². The molecule has 2 aliphatic rings. The third kappa shape index (κ3) is 5.50. The van der Waals surface area contributed by atoms with Crippen molar-refractivity contribution in [2.45, 2.75) is 57.2 Å². The highest BCUT2D eigenvalue weighted by Gasteiger charge is 2.47. The summed E-state index contributed by atoms with van der Waals surface area (Å²) in [5.41, 5.74) is 6.29. The number of rotatable bonds is 8. The molecule has 0 radical (unpaired) electrons. The zero-order chi connectivity index (χ0) is 22.8. The highest BCUT2D eigenvalue weighted by atomic mass is 32.2. The molecule has 31 heavy (non-hydrogen) atoms. The van der Waals surface area contributed by atoms with Gasteiger partial charge in [0.05, 0.1) is 12.4 Å². The molecular weight excluding hydrogens is 435 g/mol. The topological polar surface area (TPSA) is 102 Å². The van der Waals surface area contributed by atoms with Crippen LogP contribution in [-0.4, -0.2) is 55.8 Å². The summed E-state index contributed by atoms with van der Waals surface area (Å²) in [5, 5.41) is 2.42. The molecule has 2 heterocycles. The van der Waals surface area contributed by atoms with E-state index in [-0.39, 0.29) is 48.9 Å². The first-order valence-corrected chi connectivity index (χ1v) is 12.0. The summed E-state index contributed by atoms with van der Waals surface area (Å²) in [6.07, 6.45) is 1.84. The standard InChI is InChI=1S/C20H28F3N3O4S/c1-2-30-20(27)25-5-6-31(28,29)26-14-3-4-15(26)8-13(7-14)19(24)10-12-9-17(22)18(23)11-16(12)21/h9,11,13-15,19H,2-8,10,24H2,1H3,(H,25,27)/t13?,14?,15?,19-/m1/s1. The fourth-order valence-corrected chi connectivity index (χ4v) is 6.55. The van der Waals surface area contributed by atoms with Crippen LogP contribution in [0.2, 0.25) is 0 Å². The number of nitrogens with zero attached hydrogens (tertiary/aromatic N) is 1. The number of hydrogen-bond acceptors (Lipinski definition) is 5. The molecule has 2 aliphatic heterocycles. The molecule has 0 spiro atoms. The van der Waals surface area contributed by atoms with Crippen LogP contribution in [0.1, 0.15) is 38.2 Å². The van der Waals surface area contributed by atoms with Crippen LogP contribution in [0, 0.1) is 23.4 Å². The van der Waals surface area contributed by atoms with Crippen molar-refractivity contribution in [3.05, 3.63) is 35.1 Å². The maximum absolute atomic E-state index is 14.0. The Bertz CT molecular complexity index is 901. The minimum Gasteiger partial charge on any atom is -0.450 e. The first-order valence-electron chi connectivity index (χ1n) is 10.4. The molecule has 3 atom stereocenters. The summed E-state index contributed by atoms with van der Waals surface area (Å²) in [4.78, 5) is 11.4. The molecule has 0 aromatic heterocycles. The van der Waals surface area contributed by atoms with Gasteiger partial charge in [0.2, 0.25) is 10.0 Å². The number of sulfonamides is 1. The van der Waals surface area contributed by atoms with Crippen LogP contribution < -0.4 is 11.1 Å². The fraction of sp³-hybridized carbons (Fsp3) is 0.650. The average molecular weight is 464 g/mol. The van der Waals surface area contributed by atoms with Gasteiger partial charge in [-0.05, 0) is 56.6 Å². The van der Waals surface area contributed by atoms with Crippen molar-refractivity contribution in [3.8, 4) is 0 Å². The molecular formula is C20H28F3N3O4S. The number of alkyl carbamates (subject to hydrolysis) is 1. The van der Waals surface area contributed by atoms with E-state index in [0.717, 1.165) is 6.07 Å². The van der Waals surface area contributed by atoms with Crippen LogP contribution in [0.5, 0.6) is 0 Å². The molecule has 3 rings (SSSR count). The summed E-state index contributed by atoms with van der Waals surface area (Å²) in [6, 6.07) is 0.419. The Hall–Kier alpha value is -1.85. The molecule has 1 amide bonds. The molecule has 1 aromatic carbocycles. The Morgan fingerprint density at radius 1 is 1.19 bits per heavy atom. The second kappa shape index (κ2) is 9.74. The van der Waals surface area contributed by atoms with E-state index >= 15 is 0 Å². The van der Waals surface area contributed by atoms with Crippen molar-refractivity contribution < 1.29 is 31.1 Å². The summed E-state index contributed by atoms with van der Waals surface area (Å²) in [5.74, 6) is -3.50. The van der Waals surface area contributed by atoms with Crippen molar-refractivity contribution in [2.24, 2.45) is 11.7 Å². The van der Waals surface area contributed by atoms with Crippen molar-refractivity contribution in [3.63, 3.8) is 0 Å². The molecule has 7 nitrogen and oxygen atoms in total. The van der Waals surface area contributed by atoms with Gasteiger partial charge in [0.1, 0.15) is 5.82 Å². The van der Waals surface area contributed by atoms with E-state index < -0.39 is 39.6 Å². The van der Waals surface area contributed by atoms with E-state index in [4.69, 9.17) is 10.5 Å². The third-order valence-corrected chi connectivity index (χ3v) is 8.04. The van der Waals surface area contributed by atoms with E-state index in [2.05, 4.69) is 5.32 Å². The second-order valence-electron chi connectivity index (χ2n) is 8.14. The van der Waals surface area contributed by atoms with Crippen LogP contribution in [0.25, 0.3) is 0 Å². The smallest absolute Gasteiger partial charge is 0.407 e. The number of carbonyl (C=O) groups excluding carboxylic acids is 1. The minimum atomic E-state index is -3.58. The number of benzene rings is 1. The van der Waals surface area contributed by atoms with E-state index in [1.54, 1.807) is 6.92 Å². The number of nitrogens with two attached hydrogens (primary N) is 1. The van der Waals surface area contributed by atoms with Gasteiger partial charge >= 0.3 is 6.09 Å². The predicted molar refractivity (Wildman–Crippen MR) is 108 cm³/mol. The molecule has 11 heteroatoms. The van der Waals surface area contributed by atoms with Gasteiger partial charge < -0.3 is 15.8 Å². The highest BCUT2D eigenvalue weighted by Crippen LogP contribution is 2.41. The number of carbonyl (C=O) groups is 1. The van der Waals surface area contributed by atoms with Gasteiger partial charge in [-0.2, -0.15) is 4.31 Å². The predicted octanol–water partition coefficient (Wildman–Crippen LogP) is 2.29. The molecule has 2 fully saturated rings. The number of ether oxygens (including phenoxy) is 1. The maximum Gasteiger partial charge on any atom is 0.407 e. The summed E-state index contributed by atoms with van der Waals surface area (Å²) in [6.45, 7) is 1.81. The first-order chi connectivity index (χ1) is 14.6. The van der Waals surface area contributed by atoms with Crippen LogP contribution in [0.3, 0.4) is 0 Å². The number of fused-ring (bicyclic) bond motifs is 2. The second-order valence-corrected chi connectivity index (χ2v) is 10.1. The van der Waals surface area contributed by atoms with Gasteiger partial charge in [-0.25, -0.2) is 26.4 Å². The average Bonchev–Trinajstić information content (AvgIpc) is 2.97. The quantitative estimate of drug-likeness (QED) is 0.576. The normalized spacial score (nSPS) is 24.7. The lowest BCUT2D eigenvalue weighted by molar-refractivity contribution is 0.152. The molecule has 0 saturated carbocycles. The largest absolute Gasteiger partial charge is 0.450 e. The monoisotopic (exact) mass is 463 g/mol. The Morgan fingerprint density at radius 3 is 2.42 bits per heavy atom. The van der Waals surface area contributed by atoms with Gasteiger partial charge in [0.25, 0.3) is 0 Å². The zero-order valence-electron chi connectivity index (χ0n) is 17.3. The van der Waals surface area contributed by atoms with Gasteiger partial charge in [-0.15, -0.1) is 0 Å². The molecule has 2 unspecified atom stereocenters. The van der Waals surface area contributed by atoms with Crippen molar-refractivity contribution in [2.75, 3.05) is 18.9 Å². The third-order valence-electron chi connectivity index (χ3n) is 6.08. The SMILES string of the molecule is CCOC(=O)NCCS(=O)(=O)N1C2CCC1CC([C@H](N)Cc1cc(F)c(F)cc1F)C2. The van der Waals surface area contributed by atoms with Crippen molar-refractivity contribution >= 4 is 16.1 Å². The lowest BCUT2D eigenvalue weighted by atomic mass is 9.83. The Balaban J connectivity index is 1.60. The maximum atomic E-state index is 14.0. The lowest BCUT2D eigenvalue weighted by Crippen LogP contribution is -2.51. The number of amides is 1. The molecule has 2 saturated heterocycles. The number of piperidine rings is 1. The number of hydrogen-bond donors (Lipinski definition) is 2. The van der Waals surface area contributed by atoms with Crippen LogP contribution in [0.4, 0.5) is 18.0 Å². The Morgan fingerprint density at radius 2 is 1.81 bits per heavy atom. The van der Waals surface area contributed by atoms with Crippen LogP contribution >= 0.6 is 0 Å². The van der Waals surface area contributed by atoms with Crippen LogP contribution in [0.15, 0.2) is 12.1 Å². The van der Waals surface area contributed by atoms with E-state index in [9.17, 15) is 26.4 Å². The summed E-state index contributed by atoms with van der Waals surface area (Å²) in [7, 11) is -3.58. The molecule has 174 valence electrons. The van der Waals surface area contributed by atoms with Gasteiger partial charge in [0.15, 0.2) is 11.6 Å². The zero-order valence-corrected chi connectivity index (χ0v) is 18.1. The Kier molecular flexibility index (Phi) is 7.48. The molecule has 1 aromatic rings. The summed E-state index contributed by atoms with van der Waals surface area (Å²) >= 11 is 0. The fourth-order valence-electron chi connectivity index (χ4n) is 4.69. The number of halogens is 3. The molecule has 3 N–H and O–H groups in total. The lowest BCUT2D eigenvalue weighted by Gasteiger charge is -2.40. The van der Waals surface area contributed by atoms with E-state index in [0.29, 0.717) is 31.7 Å². The van der Waals surface area contributed by atoms with Crippen LogP contribution in [-0.2, 0) is 21.2 Å². The Labute approximate surface area is 180 Å². The molecule has 2 bridgehead atoms. The van der Waals surface area contributed by atoms with Gasteiger partial charge in [0, 0.05) is 30.7 Å². The minimum absolute atomic E-state index is 0.0128. The highest BCUT2D eigenvalue weighted by molar-refractivity contribution is 7.89. The number of nitrogens with one attached hydrogen (secondary N) is 1.